The molecule has 0 unspecified atom stereocenters. The van der Waals surface area contributed by atoms with E-state index in [1.807, 2.05) is 0 Å². The molecule has 0 aliphatic carbocycles. The first-order valence-electron chi connectivity index (χ1n) is 8.94. The third-order valence-electron chi connectivity index (χ3n) is 3.34. The summed E-state index contributed by atoms with van der Waals surface area (Å²) in [5, 5.41) is 0. The van der Waals surface area contributed by atoms with Gasteiger partial charge in [-0.2, -0.15) is 0 Å². The van der Waals surface area contributed by atoms with E-state index in [0.717, 1.165) is 51.4 Å². The average molecular weight is 316 g/mol. The third-order valence-corrected chi connectivity index (χ3v) is 3.34. The first kappa shape index (κ1) is 21.3. The van der Waals surface area contributed by atoms with E-state index in [1.54, 1.807) is 0 Å². The molecule has 0 aromatic carbocycles. The maximum Gasteiger partial charge on any atom is 0.305 e. The van der Waals surface area contributed by atoms with E-state index >= 15 is 0 Å². The summed E-state index contributed by atoms with van der Waals surface area (Å²) in [5.74, 6) is 12.6. The molecule has 0 saturated carbocycles. The lowest BCUT2D eigenvalue weighted by atomic mass is 10.1. The van der Waals surface area contributed by atoms with Crippen molar-refractivity contribution in [3.63, 3.8) is 0 Å². The van der Waals surface area contributed by atoms with Crippen LogP contribution in [0.3, 0.4) is 0 Å². The van der Waals surface area contributed by atoms with Crippen LogP contribution >= 0.6 is 0 Å². The van der Waals surface area contributed by atoms with Crippen molar-refractivity contribution < 1.29 is 9.53 Å². The quantitative estimate of drug-likeness (QED) is 0.220. The summed E-state index contributed by atoms with van der Waals surface area (Å²) in [6.07, 6.45) is 16.5. The van der Waals surface area contributed by atoms with Gasteiger partial charge in [0.15, 0.2) is 0 Å². The van der Waals surface area contributed by atoms with Gasteiger partial charge in [0.05, 0.1) is 7.11 Å². The van der Waals surface area contributed by atoms with Gasteiger partial charge in [0.1, 0.15) is 0 Å². The van der Waals surface area contributed by atoms with Crippen LogP contribution in [0.2, 0.25) is 0 Å². The van der Waals surface area contributed by atoms with Crippen molar-refractivity contribution in [1.82, 2.24) is 0 Å². The number of rotatable bonds is 11. The van der Waals surface area contributed by atoms with Gasteiger partial charge in [0.25, 0.3) is 0 Å². The molecule has 0 atom stereocenters. The SMILES string of the molecule is CCC=CCCCCC#CCCCCC#CCCCC(=O)OC. The molecule has 0 aromatic heterocycles. The number of hydrogen-bond donors (Lipinski definition) is 0. The number of unbranched alkanes of at least 4 members (excludes halogenated alkanes) is 7. The smallest absolute Gasteiger partial charge is 0.305 e. The Morgan fingerprint density at radius 3 is 1.87 bits per heavy atom. The van der Waals surface area contributed by atoms with E-state index in [9.17, 15) is 4.79 Å². The van der Waals surface area contributed by atoms with Crippen molar-refractivity contribution in [1.29, 1.82) is 0 Å². The molecule has 128 valence electrons. The largest absolute Gasteiger partial charge is 0.469 e. The molecule has 0 amide bonds. The molecule has 0 aliphatic rings. The standard InChI is InChI=1S/C21H32O2/c1-3-4-5-6-7-8-9-10-11-12-13-14-15-16-17-18-19-20-21(22)23-2/h4-5H,3,6-9,12-15,18-20H2,1-2H3. The Morgan fingerprint density at radius 2 is 1.35 bits per heavy atom. The first-order chi connectivity index (χ1) is 11.3. The van der Waals surface area contributed by atoms with Crippen molar-refractivity contribution in [2.45, 2.75) is 84.0 Å². The lowest BCUT2D eigenvalue weighted by molar-refractivity contribution is -0.140. The van der Waals surface area contributed by atoms with Gasteiger partial charge >= 0.3 is 5.97 Å². The summed E-state index contributed by atoms with van der Waals surface area (Å²) in [7, 11) is 1.42. The van der Waals surface area contributed by atoms with E-state index in [1.165, 1.54) is 26.4 Å². The van der Waals surface area contributed by atoms with E-state index in [0.29, 0.717) is 6.42 Å². The summed E-state index contributed by atoms with van der Waals surface area (Å²) in [6.45, 7) is 2.17. The topological polar surface area (TPSA) is 26.3 Å². The molecule has 0 N–H and O–H groups in total. The Balaban J connectivity index is 3.32. The third kappa shape index (κ3) is 18.3. The van der Waals surface area contributed by atoms with Gasteiger partial charge in [0.2, 0.25) is 0 Å². The average Bonchev–Trinajstić information content (AvgIpc) is 2.57. The molecule has 2 heteroatoms. The highest BCUT2D eigenvalue weighted by molar-refractivity contribution is 5.69. The zero-order valence-electron chi connectivity index (χ0n) is 15.0. The molecule has 2 nitrogen and oxygen atoms in total. The summed E-state index contributed by atoms with van der Waals surface area (Å²) in [5.41, 5.74) is 0. The van der Waals surface area contributed by atoms with Gasteiger partial charge in [-0.3, -0.25) is 4.79 Å². The zero-order valence-corrected chi connectivity index (χ0v) is 15.0. The van der Waals surface area contributed by atoms with E-state index < -0.39 is 0 Å². The molecule has 0 aliphatic heterocycles. The zero-order chi connectivity index (χ0) is 17.0. The van der Waals surface area contributed by atoms with Gasteiger partial charge in [-0.15, -0.1) is 23.7 Å². The minimum Gasteiger partial charge on any atom is -0.469 e. The Labute approximate surface area is 143 Å². The van der Waals surface area contributed by atoms with Crippen molar-refractivity contribution in [2.24, 2.45) is 0 Å². The molecule has 0 radical (unpaired) electrons. The Hall–Kier alpha value is -1.67. The molecular weight excluding hydrogens is 284 g/mol. The molecule has 0 heterocycles. The van der Waals surface area contributed by atoms with Gasteiger partial charge in [-0.05, 0) is 44.9 Å². The van der Waals surface area contributed by atoms with Crippen molar-refractivity contribution in [3.8, 4) is 23.7 Å². The van der Waals surface area contributed by atoms with Crippen LogP contribution in [0, 0.1) is 23.7 Å². The van der Waals surface area contributed by atoms with Crippen molar-refractivity contribution in [3.05, 3.63) is 12.2 Å². The molecule has 0 spiro atoms. The fraction of sp³-hybridized carbons (Fsp3) is 0.667. The number of hydrogen-bond acceptors (Lipinski definition) is 2. The fourth-order valence-corrected chi connectivity index (χ4v) is 1.96. The number of ether oxygens (including phenoxy) is 1. The van der Waals surface area contributed by atoms with Crippen LogP contribution in [0.15, 0.2) is 12.2 Å². The minimum atomic E-state index is -0.150. The van der Waals surface area contributed by atoms with Gasteiger partial charge in [0, 0.05) is 32.1 Å². The van der Waals surface area contributed by atoms with Crippen LogP contribution in [0.1, 0.15) is 84.0 Å². The van der Waals surface area contributed by atoms with Crippen LogP contribution in [0.5, 0.6) is 0 Å². The first-order valence-corrected chi connectivity index (χ1v) is 8.94. The van der Waals surface area contributed by atoms with Crippen molar-refractivity contribution in [2.75, 3.05) is 7.11 Å². The predicted octanol–water partition coefficient (Wildman–Crippen LogP) is 5.42. The lowest BCUT2D eigenvalue weighted by Crippen LogP contribution is -1.98. The monoisotopic (exact) mass is 316 g/mol. The van der Waals surface area contributed by atoms with Gasteiger partial charge in [-0.1, -0.05) is 19.1 Å². The summed E-state index contributed by atoms with van der Waals surface area (Å²) in [6, 6.07) is 0. The normalized spacial score (nSPS) is 9.83. The second-order valence-electron chi connectivity index (χ2n) is 5.47. The number of allylic oxidation sites excluding steroid dienone is 2. The van der Waals surface area contributed by atoms with Crippen LogP contribution in [-0.2, 0) is 9.53 Å². The molecular formula is C21H32O2. The van der Waals surface area contributed by atoms with Crippen LogP contribution in [0.25, 0.3) is 0 Å². The molecule has 0 rings (SSSR count). The highest BCUT2D eigenvalue weighted by Gasteiger charge is 1.96. The van der Waals surface area contributed by atoms with Gasteiger partial charge < -0.3 is 4.74 Å². The van der Waals surface area contributed by atoms with Crippen LogP contribution in [0.4, 0.5) is 0 Å². The number of esters is 1. The summed E-state index contributed by atoms with van der Waals surface area (Å²) in [4.78, 5) is 10.9. The Kier molecular flexibility index (Phi) is 17.0. The van der Waals surface area contributed by atoms with E-state index in [-0.39, 0.29) is 5.97 Å². The van der Waals surface area contributed by atoms with Crippen molar-refractivity contribution >= 4 is 5.97 Å². The second-order valence-corrected chi connectivity index (χ2v) is 5.47. The fourth-order valence-electron chi connectivity index (χ4n) is 1.96. The van der Waals surface area contributed by atoms with Crippen LogP contribution < -0.4 is 0 Å². The number of carbonyl (C=O) groups excluding carboxylic acids is 1. The van der Waals surface area contributed by atoms with E-state index in [2.05, 4.69) is 47.5 Å². The summed E-state index contributed by atoms with van der Waals surface area (Å²) >= 11 is 0. The highest BCUT2D eigenvalue weighted by atomic mass is 16.5. The highest BCUT2D eigenvalue weighted by Crippen LogP contribution is 2.02. The molecule has 0 fully saturated rings. The molecule has 0 saturated heterocycles. The molecule has 0 aromatic rings. The second kappa shape index (κ2) is 18.4. The maximum absolute atomic E-state index is 10.9. The van der Waals surface area contributed by atoms with Gasteiger partial charge in [-0.25, -0.2) is 0 Å². The Bertz CT molecular complexity index is 426. The molecule has 23 heavy (non-hydrogen) atoms. The Morgan fingerprint density at radius 1 is 0.826 bits per heavy atom. The predicted molar refractivity (Wildman–Crippen MR) is 97.8 cm³/mol. The molecule has 0 bridgehead atoms. The maximum atomic E-state index is 10.9. The minimum absolute atomic E-state index is 0.150. The summed E-state index contributed by atoms with van der Waals surface area (Å²) < 4.78 is 4.58. The van der Waals surface area contributed by atoms with Crippen LogP contribution in [-0.4, -0.2) is 13.1 Å². The van der Waals surface area contributed by atoms with E-state index in [4.69, 9.17) is 0 Å². The number of carbonyl (C=O) groups is 1. The lowest BCUT2D eigenvalue weighted by Gasteiger charge is -1.94. The number of methoxy groups -OCH3 is 1.